The van der Waals surface area contributed by atoms with E-state index in [0.29, 0.717) is 24.2 Å². The Balaban J connectivity index is 1.79. The molecule has 0 unspecified atom stereocenters. The zero-order valence-corrected chi connectivity index (χ0v) is 18.4. The highest BCUT2D eigenvalue weighted by Crippen LogP contribution is 2.45. The highest BCUT2D eigenvalue weighted by molar-refractivity contribution is 5.95. The molecule has 1 aliphatic heterocycles. The summed E-state index contributed by atoms with van der Waals surface area (Å²) < 4.78 is 15.6. The Hall–Kier alpha value is -2.77. The maximum absolute atomic E-state index is 15.6. The summed E-state index contributed by atoms with van der Waals surface area (Å²) >= 11 is 0. The van der Waals surface area contributed by atoms with Gasteiger partial charge in [0, 0.05) is 48.3 Å². The van der Waals surface area contributed by atoms with Gasteiger partial charge in [0.2, 0.25) is 5.91 Å². The van der Waals surface area contributed by atoms with Crippen LogP contribution < -0.4 is 5.73 Å². The van der Waals surface area contributed by atoms with Gasteiger partial charge in [-0.2, -0.15) is 0 Å². The lowest BCUT2D eigenvalue weighted by atomic mass is 9.69. The van der Waals surface area contributed by atoms with Crippen molar-refractivity contribution in [2.75, 3.05) is 19.6 Å². The van der Waals surface area contributed by atoms with Gasteiger partial charge in [-0.05, 0) is 48.2 Å². The highest BCUT2D eigenvalue weighted by Gasteiger charge is 2.48. The first-order valence-electron chi connectivity index (χ1n) is 10.6. The molecule has 3 atom stereocenters. The number of aromatic nitrogens is 2. The number of aryl methyl sites for hydroxylation is 2. The van der Waals surface area contributed by atoms with Crippen molar-refractivity contribution >= 4 is 16.9 Å². The number of hydrogen-bond donors (Lipinski definition) is 3. The van der Waals surface area contributed by atoms with Crippen LogP contribution in [0.25, 0.3) is 22.2 Å². The molecule has 0 spiro atoms. The second-order valence-electron chi connectivity index (χ2n) is 8.83. The molecule has 2 aromatic heterocycles. The fourth-order valence-corrected chi connectivity index (χ4v) is 5.19. The average molecular weight is 425 g/mol. The van der Waals surface area contributed by atoms with Crippen molar-refractivity contribution in [2.45, 2.75) is 33.3 Å². The summed E-state index contributed by atoms with van der Waals surface area (Å²) in [5.74, 6) is -1.28. The Morgan fingerprint density at radius 2 is 1.97 bits per heavy atom. The fourth-order valence-electron chi connectivity index (χ4n) is 5.19. The molecule has 0 bridgehead atoms. The van der Waals surface area contributed by atoms with Crippen LogP contribution in [0.1, 0.15) is 30.5 Å². The van der Waals surface area contributed by atoms with Crippen LogP contribution in [0.5, 0.6) is 0 Å². The quantitative estimate of drug-likeness (QED) is 0.602. The van der Waals surface area contributed by atoms with Crippen molar-refractivity contribution in [3.8, 4) is 11.1 Å². The van der Waals surface area contributed by atoms with Crippen LogP contribution in [-0.4, -0.2) is 45.5 Å². The first-order valence-corrected chi connectivity index (χ1v) is 10.6. The first-order chi connectivity index (χ1) is 14.7. The number of nitrogens with two attached hydrogens (primary N) is 1. The number of halogens is 1. The summed E-state index contributed by atoms with van der Waals surface area (Å²) in [5, 5.41) is 12.7. The highest BCUT2D eigenvalue weighted by atomic mass is 19.1. The zero-order chi connectivity index (χ0) is 22.5. The van der Waals surface area contributed by atoms with Gasteiger partial charge in [0.25, 0.3) is 0 Å². The number of nitrogens with zero attached hydrogens (tertiary/aromatic N) is 2. The molecule has 7 heteroatoms. The number of aliphatic hydroxyl groups is 1. The standard InChI is InChI=1S/C24H29FN4O2/c1-13-7-17(18-5-6-27-23-21(18)14(2)10-28-23)8-19(25)22(13)24(31)15(3)11-29(12-16(24)4)20(30)9-26/h5-8,10,15-16,31H,9,11-12,26H2,1-4H3,(H,27,28)/t15-,16+,24-. The van der Waals surface area contributed by atoms with E-state index in [1.807, 2.05) is 46.0 Å². The van der Waals surface area contributed by atoms with Crippen LogP contribution in [0.15, 0.2) is 30.6 Å². The minimum Gasteiger partial charge on any atom is -0.384 e. The molecular formula is C24H29FN4O2. The van der Waals surface area contributed by atoms with E-state index in [1.54, 1.807) is 11.1 Å². The molecule has 0 aliphatic carbocycles. The number of carbonyl (C=O) groups is 1. The number of likely N-dealkylation sites (tertiary alicyclic amines) is 1. The number of piperidine rings is 1. The number of benzene rings is 1. The number of aromatic amines is 1. The van der Waals surface area contributed by atoms with Crippen LogP contribution in [0.3, 0.4) is 0 Å². The molecule has 0 radical (unpaired) electrons. The molecule has 6 nitrogen and oxygen atoms in total. The third kappa shape index (κ3) is 3.32. The molecule has 1 saturated heterocycles. The average Bonchev–Trinajstić information content (AvgIpc) is 3.11. The van der Waals surface area contributed by atoms with E-state index in [-0.39, 0.29) is 24.3 Å². The lowest BCUT2D eigenvalue weighted by Crippen LogP contribution is -2.57. The first kappa shape index (κ1) is 21.5. The van der Waals surface area contributed by atoms with Crippen LogP contribution in [0.2, 0.25) is 0 Å². The molecule has 1 aliphatic rings. The molecule has 0 saturated carbocycles. The number of rotatable bonds is 3. The number of fused-ring (bicyclic) bond motifs is 1. The summed E-state index contributed by atoms with van der Waals surface area (Å²) in [7, 11) is 0. The zero-order valence-electron chi connectivity index (χ0n) is 18.4. The van der Waals surface area contributed by atoms with Gasteiger partial charge in [0.15, 0.2) is 0 Å². The third-order valence-electron chi connectivity index (χ3n) is 6.79. The lowest BCUT2D eigenvalue weighted by Gasteiger charge is -2.48. The van der Waals surface area contributed by atoms with Crippen LogP contribution >= 0.6 is 0 Å². The normalized spacial score (nSPS) is 24.0. The molecule has 1 aromatic carbocycles. The minimum atomic E-state index is -1.38. The van der Waals surface area contributed by atoms with E-state index in [1.165, 1.54) is 6.07 Å². The molecule has 4 rings (SSSR count). The van der Waals surface area contributed by atoms with Crippen LogP contribution in [-0.2, 0) is 10.4 Å². The Morgan fingerprint density at radius 1 is 1.29 bits per heavy atom. The SMILES string of the molecule is Cc1cc(-c2ccnc3[nH]cc(C)c23)cc(F)c1[C@@]1(O)[C@H](C)CN(C(=O)CN)C[C@@H]1C. The Morgan fingerprint density at radius 3 is 2.58 bits per heavy atom. The summed E-state index contributed by atoms with van der Waals surface area (Å²) in [5.41, 5.74) is 8.58. The predicted octanol–water partition coefficient (Wildman–Crippen LogP) is 3.25. The Kier molecular flexibility index (Phi) is 5.35. The Labute approximate surface area is 181 Å². The summed E-state index contributed by atoms with van der Waals surface area (Å²) in [4.78, 5) is 21.2. The van der Waals surface area contributed by atoms with Gasteiger partial charge in [-0.25, -0.2) is 9.37 Å². The largest absolute Gasteiger partial charge is 0.384 e. The number of amides is 1. The maximum Gasteiger partial charge on any atom is 0.236 e. The van der Waals surface area contributed by atoms with Crippen molar-refractivity contribution < 1.29 is 14.3 Å². The lowest BCUT2D eigenvalue weighted by molar-refractivity contribution is -0.148. The van der Waals surface area contributed by atoms with E-state index in [9.17, 15) is 9.90 Å². The molecule has 3 aromatic rings. The summed E-state index contributed by atoms with van der Waals surface area (Å²) in [6, 6.07) is 5.31. The second-order valence-corrected chi connectivity index (χ2v) is 8.83. The van der Waals surface area contributed by atoms with Crippen molar-refractivity contribution in [3.05, 3.63) is 53.1 Å². The van der Waals surface area contributed by atoms with Gasteiger partial charge in [-0.1, -0.05) is 19.9 Å². The molecule has 1 amide bonds. The summed E-state index contributed by atoms with van der Waals surface area (Å²) in [6.07, 6.45) is 3.60. The number of nitrogens with one attached hydrogen (secondary N) is 1. The Bertz CT molecular complexity index is 1120. The van der Waals surface area contributed by atoms with Crippen LogP contribution in [0, 0.1) is 31.5 Å². The molecule has 4 N–H and O–H groups in total. The second kappa shape index (κ2) is 7.73. The van der Waals surface area contributed by atoms with E-state index >= 15 is 4.39 Å². The molecule has 3 heterocycles. The number of H-pyrrole nitrogens is 1. The monoisotopic (exact) mass is 424 g/mol. The molecule has 31 heavy (non-hydrogen) atoms. The number of carbonyl (C=O) groups excluding carboxylic acids is 1. The topological polar surface area (TPSA) is 95.2 Å². The van der Waals surface area contributed by atoms with Gasteiger partial charge >= 0.3 is 0 Å². The number of pyridine rings is 1. The van der Waals surface area contributed by atoms with E-state index in [2.05, 4.69) is 9.97 Å². The third-order valence-corrected chi connectivity index (χ3v) is 6.79. The van der Waals surface area contributed by atoms with Gasteiger partial charge in [0.05, 0.1) is 6.54 Å². The van der Waals surface area contributed by atoms with Gasteiger partial charge in [-0.15, -0.1) is 0 Å². The van der Waals surface area contributed by atoms with Gasteiger partial charge in [-0.3, -0.25) is 4.79 Å². The molecule has 1 fully saturated rings. The van der Waals surface area contributed by atoms with Crippen molar-refractivity contribution in [2.24, 2.45) is 17.6 Å². The van der Waals surface area contributed by atoms with E-state index < -0.39 is 11.4 Å². The predicted molar refractivity (Wildman–Crippen MR) is 119 cm³/mol. The van der Waals surface area contributed by atoms with Crippen molar-refractivity contribution in [1.29, 1.82) is 0 Å². The molecular weight excluding hydrogens is 395 g/mol. The van der Waals surface area contributed by atoms with Gasteiger partial charge < -0.3 is 20.7 Å². The van der Waals surface area contributed by atoms with E-state index in [4.69, 9.17) is 5.73 Å². The smallest absolute Gasteiger partial charge is 0.236 e. The van der Waals surface area contributed by atoms with Crippen molar-refractivity contribution in [1.82, 2.24) is 14.9 Å². The summed E-state index contributed by atoms with van der Waals surface area (Å²) in [6.45, 7) is 8.14. The van der Waals surface area contributed by atoms with Crippen LogP contribution in [0.4, 0.5) is 4.39 Å². The number of hydrogen-bond acceptors (Lipinski definition) is 4. The minimum absolute atomic E-state index is 0.0705. The van der Waals surface area contributed by atoms with Gasteiger partial charge in [0.1, 0.15) is 17.1 Å². The van der Waals surface area contributed by atoms with E-state index in [0.717, 1.165) is 27.7 Å². The molecule has 164 valence electrons. The van der Waals surface area contributed by atoms with Crippen molar-refractivity contribution in [3.63, 3.8) is 0 Å². The maximum atomic E-state index is 15.6. The fraction of sp³-hybridized carbons (Fsp3) is 0.417.